The summed E-state index contributed by atoms with van der Waals surface area (Å²) in [5, 5.41) is 2.53. The normalized spacial score (nSPS) is 14.0. The molecule has 288 valence electrons. The maximum Gasteiger partial charge on any atom is 0.0543 e. The molecule has 1 heteroatoms. The number of hydrogen-bond donors (Lipinski definition) is 0. The molecule has 11 rings (SSSR count). The molecule has 0 saturated carbocycles. The smallest absolute Gasteiger partial charge is 0.0543 e. The van der Waals surface area contributed by atoms with Crippen LogP contribution in [0.4, 0.5) is 17.1 Å². The Labute approximate surface area is 358 Å². The summed E-state index contributed by atoms with van der Waals surface area (Å²) in [5.41, 5.74) is 19.2. The molecule has 1 unspecified atom stereocenters. The van der Waals surface area contributed by atoms with Crippen LogP contribution in [0.15, 0.2) is 243 Å². The van der Waals surface area contributed by atoms with E-state index >= 15 is 0 Å². The maximum atomic E-state index is 2.49. The highest BCUT2D eigenvalue weighted by Crippen LogP contribution is 2.57. The van der Waals surface area contributed by atoms with Gasteiger partial charge in [-0.1, -0.05) is 218 Å². The zero-order chi connectivity index (χ0) is 40.8. The molecule has 0 saturated heterocycles. The summed E-state index contributed by atoms with van der Waals surface area (Å²) in [6.45, 7) is 2.39. The van der Waals surface area contributed by atoms with Crippen LogP contribution in [-0.4, -0.2) is 0 Å². The fraction of sp³-hybridized carbons (Fsp3) is 0.0333. The lowest BCUT2D eigenvalue weighted by Crippen LogP contribution is -2.22. The Kier molecular flexibility index (Phi) is 9.02. The van der Waals surface area contributed by atoms with Gasteiger partial charge in [0.25, 0.3) is 0 Å². The van der Waals surface area contributed by atoms with Gasteiger partial charge in [0.2, 0.25) is 0 Å². The highest BCUT2D eigenvalue weighted by Gasteiger charge is 2.42. The fourth-order valence-electron chi connectivity index (χ4n) is 9.71. The van der Waals surface area contributed by atoms with Crippen molar-refractivity contribution in [2.75, 3.05) is 4.90 Å². The van der Waals surface area contributed by atoms with Gasteiger partial charge in [-0.25, -0.2) is 0 Å². The van der Waals surface area contributed by atoms with Gasteiger partial charge in [0, 0.05) is 22.2 Å². The van der Waals surface area contributed by atoms with Crippen molar-refractivity contribution in [3.8, 4) is 55.6 Å². The van der Waals surface area contributed by atoms with Crippen molar-refractivity contribution in [3.63, 3.8) is 0 Å². The predicted octanol–water partition coefficient (Wildman–Crippen LogP) is 16.3. The molecule has 0 spiro atoms. The van der Waals surface area contributed by atoms with Crippen LogP contribution < -0.4 is 4.90 Å². The first kappa shape index (κ1) is 36.3. The number of rotatable bonds is 8. The van der Waals surface area contributed by atoms with Crippen LogP contribution in [0.2, 0.25) is 0 Å². The summed E-state index contributed by atoms with van der Waals surface area (Å²) in [4.78, 5) is 2.49. The molecule has 10 aromatic carbocycles. The van der Waals surface area contributed by atoms with Gasteiger partial charge in [-0.3, -0.25) is 0 Å². The van der Waals surface area contributed by atoms with Gasteiger partial charge >= 0.3 is 0 Å². The van der Waals surface area contributed by atoms with Crippen LogP contribution in [0.25, 0.3) is 66.4 Å². The molecule has 0 bridgehead atoms. The molecule has 0 heterocycles. The number of hydrogen-bond acceptors (Lipinski definition) is 1. The number of para-hydroxylation sites is 1. The molecule has 0 amide bonds. The highest BCUT2D eigenvalue weighted by atomic mass is 15.1. The largest absolute Gasteiger partial charge is 0.309 e. The SMILES string of the molecule is CC1(c2ccccc2)c2ccccc2-c2c(N(c3ccc(-c4ccc(-c5cccc6ccccc56)cc4)cc3)c3ccccc3-c3ccc(-c4ccccc4)cc3)cccc21. The quantitative estimate of drug-likeness (QED) is 0.149. The third-order valence-electron chi connectivity index (χ3n) is 12.8. The predicted molar refractivity (Wildman–Crippen MR) is 258 cm³/mol. The van der Waals surface area contributed by atoms with Gasteiger partial charge in [-0.05, 0) is 103 Å². The summed E-state index contributed by atoms with van der Waals surface area (Å²) in [6, 6.07) is 88.7. The molecule has 61 heavy (non-hydrogen) atoms. The second-order valence-electron chi connectivity index (χ2n) is 16.2. The minimum absolute atomic E-state index is 0.316. The van der Waals surface area contributed by atoms with Gasteiger partial charge in [0.1, 0.15) is 0 Å². The van der Waals surface area contributed by atoms with Gasteiger partial charge in [0.05, 0.1) is 11.4 Å². The van der Waals surface area contributed by atoms with Crippen molar-refractivity contribution >= 4 is 27.8 Å². The van der Waals surface area contributed by atoms with Crippen molar-refractivity contribution in [1.82, 2.24) is 0 Å². The van der Waals surface area contributed by atoms with Crippen molar-refractivity contribution in [3.05, 3.63) is 259 Å². The number of anilines is 3. The summed E-state index contributed by atoms with van der Waals surface area (Å²) in [7, 11) is 0. The lowest BCUT2D eigenvalue weighted by atomic mass is 9.74. The monoisotopic (exact) mass is 777 g/mol. The van der Waals surface area contributed by atoms with Crippen LogP contribution in [0.5, 0.6) is 0 Å². The Morgan fingerprint density at radius 3 is 1.49 bits per heavy atom. The molecule has 0 aliphatic heterocycles. The second kappa shape index (κ2) is 15.1. The molecule has 0 N–H and O–H groups in total. The Morgan fingerprint density at radius 1 is 0.311 bits per heavy atom. The summed E-state index contributed by atoms with van der Waals surface area (Å²) in [5.74, 6) is 0. The van der Waals surface area contributed by atoms with Gasteiger partial charge < -0.3 is 4.90 Å². The summed E-state index contributed by atoms with van der Waals surface area (Å²) < 4.78 is 0. The van der Waals surface area contributed by atoms with E-state index in [0.29, 0.717) is 0 Å². The first-order valence-electron chi connectivity index (χ1n) is 21.2. The van der Waals surface area contributed by atoms with Crippen molar-refractivity contribution in [1.29, 1.82) is 0 Å². The van der Waals surface area contributed by atoms with Crippen molar-refractivity contribution in [2.24, 2.45) is 0 Å². The van der Waals surface area contributed by atoms with Crippen LogP contribution in [0.1, 0.15) is 23.6 Å². The van der Waals surface area contributed by atoms with E-state index in [-0.39, 0.29) is 5.41 Å². The minimum Gasteiger partial charge on any atom is -0.309 e. The second-order valence-corrected chi connectivity index (χ2v) is 16.2. The topological polar surface area (TPSA) is 3.24 Å². The van der Waals surface area contributed by atoms with E-state index < -0.39 is 0 Å². The first-order valence-corrected chi connectivity index (χ1v) is 21.2. The van der Waals surface area contributed by atoms with E-state index in [4.69, 9.17) is 0 Å². The van der Waals surface area contributed by atoms with E-state index in [1.807, 2.05) is 0 Å². The van der Waals surface area contributed by atoms with E-state index in [0.717, 1.165) is 17.1 Å². The molecule has 1 aliphatic carbocycles. The van der Waals surface area contributed by atoms with E-state index in [2.05, 4.69) is 254 Å². The van der Waals surface area contributed by atoms with Gasteiger partial charge in [0.15, 0.2) is 0 Å². The number of benzene rings is 10. The third-order valence-corrected chi connectivity index (χ3v) is 12.8. The van der Waals surface area contributed by atoms with E-state index in [9.17, 15) is 0 Å². The molecular weight excluding hydrogens is 735 g/mol. The molecule has 1 nitrogen and oxygen atoms in total. The van der Waals surface area contributed by atoms with Crippen LogP contribution in [-0.2, 0) is 5.41 Å². The summed E-state index contributed by atoms with van der Waals surface area (Å²) >= 11 is 0. The fourth-order valence-corrected chi connectivity index (χ4v) is 9.71. The molecular formula is C60H43N. The first-order chi connectivity index (χ1) is 30.1. The van der Waals surface area contributed by atoms with Crippen LogP contribution >= 0.6 is 0 Å². The Morgan fingerprint density at radius 2 is 0.770 bits per heavy atom. The van der Waals surface area contributed by atoms with Gasteiger partial charge in [-0.15, -0.1) is 0 Å². The average Bonchev–Trinajstić information content (AvgIpc) is 3.61. The molecule has 10 aromatic rings. The number of fused-ring (bicyclic) bond motifs is 4. The van der Waals surface area contributed by atoms with Crippen LogP contribution in [0.3, 0.4) is 0 Å². The van der Waals surface area contributed by atoms with Crippen molar-refractivity contribution < 1.29 is 0 Å². The molecule has 0 aromatic heterocycles. The molecule has 0 radical (unpaired) electrons. The zero-order valence-corrected chi connectivity index (χ0v) is 34.0. The third kappa shape index (κ3) is 6.26. The van der Waals surface area contributed by atoms with Gasteiger partial charge in [-0.2, -0.15) is 0 Å². The van der Waals surface area contributed by atoms with E-state index in [1.54, 1.807) is 0 Å². The maximum absolute atomic E-state index is 2.49. The highest BCUT2D eigenvalue weighted by molar-refractivity contribution is 5.99. The molecule has 1 atom stereocenters. The van der Waals surface area contributed by atoms with Crippen molar-refractivity contribution in [2.45, 2.75) is 12.3 Å². The lowest BCUT2D eigenvalue weighted by Gasteiger charge is -2.31. The Bertz CT molecular complexity index is 3160. The minimum atomic E-state index is -0.316. The molecule has 0 fully saturated rings. The number of nitrogens with zero attached hydrogens (tertiary/aromatic N) is 1. The Hall–Kier alpha value is -7.74. The lowest BCUT2D eigenvalue weighted by molar-refractivity contribution is 0.714. The van der Waals surface area contributed by atoms with Crippen LogP contribution in [0, 0.1) is 0 Å². The Balaban J connectivity index is 1.05. The summed E-state index contributed by atoms with van der Waals surface area (Å²) in [6.07, 6.45) is 0. The zero-order valence-electron chi connectivity index (χ0n) is 34.0. The van der Waals surface area contributed by atoms with E-state index in [1.165, 1.54) is 83.1 Å². The standard InChI is InChI=1S/C60H43N/c1-60(49-20-6-3-7-21-49)55-26-12-10-24-54(55)59-56(60)27-15-29-58(59)61(57-28-13-11-23-53(57)48-36-32-43(33-37-48)42-16-4-2-5-17-42)50-40-38-45(39-41-50)44-30-34-47(35-31-44)52-25-14-19-46-18-8-9-22-51(46)52/h2-41H,1H3. The molecule has 1 aliphatic rings. The average molecular weight is 778 g/mol.